The number of terminal acetylenes is 1. The van der Waals surface area contributed by atoms with E-state index in [1.54, 1.807) is 5.09 Å². The van der Waals surface area contributed by atoms with Crippen molar-refractivity contribution < 1.29 is 61.6 Å². The summed E-state index contributed by atoms with van der Waals surface area (Å²) in [4.78, 5) is 48.0. The summed E-state index contributed by atoms with van der Waals surface area (Å²) in [5.74, 6) is 1.27. The summed E-state index contributed by atoms with van der Waals surface area (Å²) in [6.45, 7) is 0.951. The predicted molar refractivity (Wildman–Crippen MR) is 103 cm³/mol. The van der Waals surface area contributed by atoms with Crippen molar-refractivity contribution in [1.29, 1.82) is 0 Å². The first-order valence-corrected chi connectivity index (χ1v) is 13.6. The van der Waals surface area contributed by atoms with Crippen LogP contribution in [0.3, 0.4) is 0 Å². The molecule has 192 valence electrons. The van der Waals surface area contributed by atoms with Gasteiger partial charge in [-0.15, -0.1) is 12.3 Å². The smallest absolute Gasteiger partial charge is 0.484 e. The summed E-state index contributed by atoms with van der Waals surface area (Å²) in [7, 11) is -17.1. The Labute approximate surface area is 191 Å². The number of phosphoric acid groups is 2. The number of phosphoric ester groups is 1. The highest BCUT2D eigenvalue weighted by Crippen LogP contribution is 2.64. The number of aromatic nitrogens is 2. The second kappa shape index (κ2) is 11.1. The Balaban J connectivity index is 2.04. The van der Waals surface area contributed by atoms with E-state index in [1.807, 2.05) is 0 Å². The molecule has 4 N–H and O–H groups in total. The minimum Gasteiger partial charge on any atom is -0.858 e. The molecule has 1 aliphatic rings. The largest absolute Gasteiger partial charge is 0.858 e. The van der Waals surface area contributed by atoms with E-state index in [-0.39, 0.29) is 18.4 Å². The molecule has 1 saturated heterocycles. The average molecular weight is 546 g/mol. The minimum atomic E-state index is -5.95. The molecule has 0 bridgehead atoms. The molecule has 4 unspecified atom stereocenters. The molecule has 34 heavy (non-hydrogen) atoms. The van der Waals surface area contributed by atoms with E-state index in [4.69, 9.17) is 11.2 Å². The zero-order valence-corrected chi connectivity index (χ0v) is 19.8. The normalized spacial score (nSPS) is 26.7. The van der Waals surface area contributed by atoms with Crippen LogP contribution in [-0.2, 0) is 31.6 Å². The number of nitrogens with one attached hydrogen (secondary N) is 1. The van der Waals surface area contributed by atoms with Gasteiger partial charge in [0.05, 0.1) is 6.10 Å². The molecule has 7 atom stereocenters. The van der Waals surface area contributed by atoms with Crippen molar-refractivity contribution in [1.82, 2.24) is 14.6 Å². The molecule has 0 amide bonds. The molecule has 2 rings (SSSR count). The summed E-state index contributed by atoms with van der Waals surface area (Å²) in [5.41, 5.74) is -0.989. The highest BCUT2D eigenvalue weighted by atomic mass is 31.3. The third kappa shape index (κ3) is 8.04. The molecule has 2 heterocycles. The molecular formula is C14H19N3O14P3-3. The molecule has 0 radical (unpaired) electrons. The van der Waals surface area contributed by atoms with E-state index in [1.165, 1.54) is 6.92 Å². The fourth-order valence-electron chi connectivity index (χ4n) is 2.65. The number of hydrogen-bond acceptors (Lipinski definition) is 14. The van der Waals surface area contributed by atoms with Gasteiger partial charge in [-0.3, -0.25) is 23.3 Å². The van der Waals surface area contributed by atoms with Gasteiger partial charge in [0.15, 0.2) is 6.29 Å². The van der Waals surface area contributed by atoms with Crippen LogP contribution in [0.1, 0.15) is 24.6 Å². The Bertz CT molecular complexity index is 1130. The van der Waals surface area contributed by atoms with Crippen molar-refractivity contribution in [3.05, 3.63) is 22.2 Å². The Morgan fingerprint density at radius 2 is 2.06 bits per heavy atom. The van der Waals surface area contributed by atoms with Crippen LogP contribution in [0.2, 0.25) is 0 Å². The van der Waals surface area contributed by atoms with Crippen LogP contribution >= 0.6 is 23.4 Å². The predicted octanol–water partition coefficient (Wildman–Crippen LogP) is -2.71. The second-order valence-corrected chi connectivity index (χ2v) is 11.4. The first-order chi connectivity index (χ1) is 15.6. The summed E-state index contributed by atoms with van der Waals surface area (Å²) < 4.78 is 52.8. The Morgan fingerprint density at radius 3 is 2.68 bits per heavy atom. The number of ether oxygens (including phenoxy) is 1. The van der Waals surface area contributed by atoms with Crippen LogP contribution in [0.4, 0.5) is 0 Å². The first-order valence-electron chi connectivity index (χ1n) is 9.09. The molecule has 1 aliphatic heterocycles. The zero-order chi connectivity index (χ0) is 25.9. The van der Waals surface area contributed by atoms with Gasteiger partial charge in [0, 0.05) is 25.6 Å². The number of nitrogens with zero attached hydrogens (tertiary/aromatic N) is 2. The lowest BCUT2D eigenvalue weighted by molar-refractivity contribution is -0.276. The highest BCUT2D eigenvalue weighted by molar-refractivity contribution is 7.66. The summed E-state index contributed by atoms with van der Waals surface area (Å²) in [5, 5.41) is 33.1. The lowest BCUT2D eigenvalue weighted by Gasteiger charge is -2.31. The minimum absolute atomic E-state index is 0.0542. The number of aliphatic hydroxyl groups excluding tert-OH is 2. The molecule has 20 heteroatoms. The van der Waals surface area contributed by atoms with Crippen molar-refractivity contribution in [2.45, 2.75) is 44.5 Å². The summed E-state index contributed by atoms with van der Waals surface area (Å²) in [6.07, 6.45) is -1.80. The van der Waals surface area contributed by atoms with Crippen LogP contribution < -0.4 is 25.7 Å². The molecule has 0 saturated carbocycles. The first kappa shape index (κ1) is 28.8. The van der Waals surface area contributed by atoms with Crippen molar-refractivity contribution in [3.63, 3.8) is 0 Å². The lowest BCUT2D eigenvalue weighted by atomic mass is 10.2. The van der Waals surface area contributed by atoms with Crippen LogP contribution in [0.15, 0.2) is 11.0 Å². The number of hydrogen-bond donors (Lipinski definition) is 4. The number of aryl methyl sites for hydroxylation is 1. The van der Waals surface area contributed by atoms with E-state index in [0.29, 0.717) is 0 Å². The van der Waals surface area contributed by atoms with Crippen molar-refractivity contribution in [2.24, 2.45) is 0 Å². The molecular weight excluding hydrogens is 527 g/mol. The van der Waals surface area contributed by atoms with Crippen molar-refractivity contribution in [2.75, 3.05) is 6.54 Å². The van der Waals surface area contributed by atoms with E-state index in [0.717, 1.165) is 10.8 Å². The molecule has 1 fully saturated rings. The van der Waals surface area contributed by atoms with Gasteiger partial charge in [-0.25, -0.2) is 23.0 Å². The maximum absolute atomic E-state index is 11.9. The number of rotatable bonds is 11. The van der Waals surface area contributed by atoms with E-state index in [9.17, 15) is 48.5 Å². The monoisotopic (exact) mass is 546 g/mol. The molecule has 0 aliphatic carbocycles. The third-order valence-corrected chi connectivity index (χ3v) is 8.44. The summed E-state index contributed by atoms with van der Waals surface area (Å²) >= 11 is 0. The Kier molecular flexibility index (Phi) is 9.36. The molecule has 1 aromatic rings. The van der Waals surface area contributed by atoms with Gasteiger partial charge < -0.3 is 34.7 Å². The van der Waals surface area contributed by atoms with Crippen LogP contribution in [-0.4, -0.2) is 49.7 Å². The SMILES string of the molecule is C#CCCNP(=O)([O-])OP(=O)(O)OP(=O)([O-])OC(O)[C@H]1O[C@@H](n2cc(C)c([O-])nc2=O)C[C@@H]1O. The van der Waals surface area contributed by atoms with Gasteiger partial charge in [0.1, 0.15) is 12.3 Å². The van der Waals surface area contributed by atoms with E-state index >= 15 is 0 Å². The summed E-state index contributed by atoms with van der Waals surface area (Å²) in [6, 6.07) is 0. The quantitative estimate of drug-likeness (QED) is 0.0951. The highest BCUT2D eigenvalue weighted by Gasteiger charge is 2.43. The maximum atomic E-state index is 11.9. The average Bonchev–Trinajstić information content (AvgIpc) is 3.04. The van der Waals surface area contributed by atoms with Gasteiger partial charge in [0.25, 0.3) is 7.82 Å². The second-order valence-electron chi connectivity index (χ2n) is 6.71. The van der Waals surface area contributed by atoms with Gasteiger partial charge in [0.2, 0.25) is 7.75 Å². The Morgan fingerprint density at radius 1 is 1.41 bits per heavy atom. The molecule has 0 spiro atoms. The van der Waals surface area contributed by atoms with Gasteiger partial charge in [-0.05, 0) is 18.4 Å². The topological polar surface area (TPSA) is 265 Å². The van der Waals surface area contributed by atoms with Crippen LogP contribution in [0, 0.1) is 19.3 Å². The van der Waals surface area contributed by atoms with Gasteiger partial charge >= 0.3 is 13.5 Å². The van der Waals surface area contributed by atoms with E-state index in [2.05, 4.69) is 24.0 Å². The van der Waals surface area contributed by atoms with Crippen molar-refractivity contribution >= 4 is 23.4 Å². The molecule has 17 nitrogen and oxygen atoms in total. The lowest BCUT2D eigenvalue weighted by Crippen LogP contribution is -2.37. The van der Waals surface area contributed by atoms with E-state index < -0.39 is 66.2 Å². The number of aliphatic hydroxyl groups is 2. The zero-order valence-electron chi connectivity index (χ0n) is 17.2. The van der Waals surface area contributed by atoms with Crippen LogP contribution in [0.25, 0.3) is 0 Å². The van der Waals surface area contributed by atoms with Crippen LogP contribution in [0.5, 0.6) is 5.88 Å². The standard InChI is InChI=1S/C14H22N3O14P3/c1-3-4-5-15-32(22,23)30-34(26,27)31-33(24,25)29-13(20)11-9(18)6-10(28-11)17-7-8(2)12(19)16-14(17)21/h1,7,9-11,13,18,20H,4-6H2,2H3,(H,24,25)(H,26,27)(H2,15,22,23)(H,16,19,21)/p-3/t9-,10+,11-,13?/m0/s1. The fourth-order valence-corrected chi connectivity index (χ4v) is 6.29. The fraction of sp³-hybridized carbons (Fsp3) is 0.571. The van der Waals surface area contributed by atoms with Gasteiger partial charge in [-0.1, -0.05) is 0 Å². The van der Waals surface area contributed by atoms with Gasteiger partial charge in [-0.2, -0.15) is 0 Å². The van der Waals surface area contributed by atoms with Crippen molar-refractivity contribution in [3.8, 4) is 18.2 Å². The molecule has 1 aromatic heterocycles. The molecule has 0 aromatic carbocycles. The maximum Gasteiger partial charge on any atom is 0.484 e. The third-order valence-electron chi connectivity index (χ3n) is 4.04. The Hall–Kier alpha value is -1.47.